The van der Waals surface area contributed by atoms with Gasteiger partial charge in [-0.1, -0.05) is 22.9 Å². The minimum Gasteiger partial charge on any atom is -0.376 e. The summed E-state index contributed by atoms with van der Waals surface area (Å²) in [6.07, 6.45) is 1.39. The number of hydrogen-bond donors (Lipinski definition) is 1. The van der Waals surface area contributed by atoms with Crippen molar-refractivity contribution in [1.82, 2.24) is 10.1 Å². The molecule has 0 bridgehead atoms. The number of aromatic nitrogens is 2. The van der Waals surface area contributed by atoms with E-state index in [-0.39, 0.29) is 0 Å². The first-order valence-electron chi connectivity index (χ1n) is 4.41. The van der Waals surface area contributed by atoms with Crippen molar-refractivity contribution in [3.8, 4) is 0 Å². The summed E-state index contributed by atoms with van der Waals surface area (Å²) in [6.45, 7) is 2.62. The van der Waals surface area contributed by atoms with Crippen LogP contribution in [-0.4, -0.2) is 10.1 Å². The molecule has 0 saturated heterocycles. The largest absolute Gasteiger partial charge is 0.376 e. The molecule has 2 aromatic rings. The van der Waals surface area contributed by atoms with Crippen molar-refractivity contribution >= 4 is 5.69 Å². The molecular weight excluding hydrogens is 178 g/mol. The predicted molar refractivity (Wildman–Crippen MR) is 52.8 cm³/mol. The van der Waals surface area contributed by atoms with Gasteiger partial charge in [0.05, 0.1) is 6.54 Å². The molecule has 0 radical (unpaired) electrons. The quantitative estimate of drug-likeness (QED) is 0.802. The van der Waals surface area contributed by atoms with E-state index in [2.05, 4.69) is 34.5 Å². The third-order valence-corrected chi connectivity index (χ3v) is 1.90. The Morgan fingerprint density at radius 1 is 1.29 bits per heavy atom. The molecule has 1 heterocycles. The Kier molecular flexibility index (Phi) is 2.44. The fourth-order valence-electron chi connectivity index (χ4n) is 1.12. The summed E-state index contributed by atoms with van der Waals surface area (Å²) in [6, 6.07) is 8.14. The number of hydrogen-bond acceptors (Lipinski definition) is 4. The Morgan fingerprint density at radius 3 is 2.71 bits per heavy atom. The zero-order chi connectivity index (χ0) is 9.80. The summed E-state index contributed by atoms with van der Waals surface area (Å²) < 4.78 is 4.86. The Balaban J connectivity index is 1.95. The van der Waals surface area contributed by atoms with Crippen LogP contribution in [0.4, 0.5) is 5.69 Å². The maximum Gasteiger partial charge on any atom is 0.245 e. The summed E-state index contributed by atoms with van der Waals surface area (Å²) in [4.78, 5) is 3.91. The molecule has 0 unspecified atom stereocenters. The number of nitrogens with one attached hydrogen (secondary N) is 1. The van der Waals surface area contributed by atoms with Gasteiger partial charge >= 0.3 is 0 Å². The smallest absolute Gasteiger partial charge is 0.245 e. The highest BCUT2D eigenvalue weighted by Gasteiger charge is 1.97. The summed E-state index contributed by atoms with van der Waals surface area (Å²) >= 11 is 0. The van der Waals surface area contributed by atoms with Crippen molar-refractivity contribution in [2.45, 2.75) is 13.5 Å². The SMILES string of the molecule is Cc1ccc(NCc2ncno2)cc1. The fourth-order valence-corrected chi connectivity index (χ4v) is 1.12. The van der Waals surface area contributed by atoms with Gasteiger partial charge in [-0.2, -0.15) is 4.98 Å². The lowest BCUT2D eigenvalue weighted by molar-refractivity contribution is 0.382. The lowest BCUT2D eigenvalue weighted by atomic mass is 10.2. The van der Waals surface area contributed by atoms with E-state index in [0.717, 1.165) is 5.69 Å². The molecule has 1 N–H and O–H groups in total. The van der Waals surface area contributed by atoms with Gasteiger partial charge in [0.25, 0.3) is 0 Å². The lowest BCUT2D eigenvalue weighted by Gasteiger charge is -2.02. The Bertz CT molecular complexity index is 380. The average molecular weight is 189 g/mol. The predicted octanol–water partition coefficient (Wildman–Crippen LogP) is 1.99. The van der Waals surface area contributed by atoms with Gasteiger partial charge in [0, 0.05) is 5.69 Å². The number of benzene rings is 1. The van der Waals surface area contributed by atoms with E-state index in [0.29, 0.717) is 12.4 Å². The van der Waals surface area contributed by atoms with Crippen LogP contribution in [0.1, 0.15) is 11.5 Å². The zero-order valence-corrected chi connectivity index (χ0v) is 7.90. The minimum absolute atomic E-state index is 0.559. The number of nitrogens with zero attached hydrogens (tertiary/aromatic N) is 2. The van der Waals surface area contributed by atoms with E-state index < -0.39 is 0 Å². The fraction of sp³-hybridized carbons (Fsp3) is 0.200. The molecule has 4 nitrogen and oxygen atoms in total. The van der Waals surface area contributed by atoms with E-state index >= 15 is 0 Å². The first-order chi connectivity index (χ1) is 6.84. The minimum atomic E-state index is 0.559. The molecule has 0 saturated carbocycles. The van der Waals surface area contributed by atoms with Gasteiger partial charge in [-0.05, 0) is 19.1 Å². The second-order valence-electron chi connectivity index (χ2n) is 3.05. The normalized spacial score (nSPS) is 10.1. The van der Waals surface area contributed by atoms with E-state index in [1.165, 1.54) is 11.9 Å². The van der Waals surface area contributed by atoms with Gasteiger partial charge in [0.15, 0.2) is 6.33 Å². The van der Waals surface area contributed by atoms with Gasteiger partial charge in [0.1, 0.15) is 0 Å². The van der Waals surface area contributed by atoms with Gasteiger partial charge in [-0.3, -0.25) is 0 Å². The van der Waals surface area contributed by atoms with Gasteiger partial charge < -0.3 is 9.84 Å². The van der Waals surface area contributed by atoms with Gasteiger partial charge in [0.2, 0.25) is 5.89 Å². The molecule has 0 fully saturated rings. The molecule has 4 heteroatoms. The van der Waals surface area contributed by atoms with Crippen molar-refractivity contribution in [1.29, 1.82) is 0 Å². The number of anilines is 1. The van der Waals surface area contributed by atoms with E-state index in [9.17, 15) is 0 Å². The maximum absolute atomic E-state index is 4.86. The summed E-state index contributed by atoms with van der Waals surface area (Å²) in [7, 11) is 0. The standard InChI is InChI=1S/C10H11N3O/c1-8-2-4-9(5-3-8)11-6-10-12-7-13-14-10/h2-5,7,11H,6H2,1H3. The third-order valence-electron chi connectivity index (χ3n) is 1.90. The first-order valence-corrected chi connectivity index (χ1v) is 4.41. The lowest BCUT2D eigenvalue weighted by Crippen LogP contribution is -1.99. The molecule has 0 aliphatic rings. The molecule has 72 valence electrons. The third kappa shape index (κ3) is 2.10. The van der Waals surface area contributed by atoms with Crippen molar-refractivity contribution in [2.75, 3.05) is 5.32 Å². The van der Waals surface area contributed by atoms with Crippen LogP contribution in [0.25, 0.3) is 0 Å². The molecule has 2 rings (SSSR count). The Labute approximate surface area is 82.0 Å². The molecule has 0 aliphatic carbocycles. The number of aryl methyl sites for hydroxylation is 1. The van der Waals surface area contributed by atoms with Crippen molar-refractivity contribution in [3.05, 3.63) is 42.0 Å². The second kappa shape index (κ2) is 3.91. The van der Waals surface area contributed by atoms with Crippen LogP contribution in [0.3, 0.4) is 0 Å². The first kappa shape index (κ1) is 8.74. The van der Waals surface area contributed by atoms with Crippen molar-refractivity contribution < 1.29 is 4.52 Å². The summed E-state index contributed by atoms with van der Waals surface area (Å²) in [5.41, 5.74) is 2.29. The van der Waals surface area contributed by atoms with Gasteiger partial charge in [-0.25, -0.2) is 0 Å². The molecule has 1 aromatic heterocycles. The molecular formula is C10H11N3O. The highest BCUT2D eigenvalue weighted by molar-refractivity contribution is 5.44. The van der Waals surface area contributed by atoms with Crippen LogP contribution in [0.15, 0.2) is 35.1 Å². The summed E-state index contributed by atoms with van der Waals surface area (Å²) in [5, 5.41) is 6.70. The Morgan fingerprint density at radius 2 is 2.07 bits per heavy atom. The van der Waals surface area contributed by atoms with Crippen LogP contribution < -0.4 is 5.32 Å². The highest BCUT2D eigenvalue weighted by atomic mass is 16.5. The zero-order valence-electron chi connectivity index (χ0n) is 7.90. The van der Waals surface area contributed by atoms with Crippen LogP contribution >= 0.6 is 0 Å². The van der Waals surface area contributed by atoms with E-state index in [4.69, 9.17) is 4.52 Å². The van der Waals surface area contributed by atoms with Crippen LogP contribution in [0, 0.1) is 6.92 Å². The monoisotopic (exact) mass is 189 g/mol. The molecule has 14 heavy (non-hydrogen) atoms. The second-order valence-corrected chi connectivity index (χ2v) is 3.05. The molecule has 0 atom stereocenters. The molecule has 0 spiro atoms. The van der Waals surface area contributed by atoms with Crippen LogP contribution in [-0.2, 0) is 6.54 Å². The van der Waals surface area contributed by atoms with E-state index in [1.807, 2.05) is 12.1 Å². The molecule has 1 aromatic carbocycles. The Hall–Kier alpha value is -1.84. The van der Waals surface area contributed by atoms with Gasteiger partial charge in [-0.15, -0.1) is 0 Å². The summed E-state index contributed by atoms with van der Waals surface area (Å²) in [5.74, 6) is 0.588. The molecule has 0 amide bonds. The molecule has 0 aliphatic heterocycles. The van der Waals surface area contributed by atoms with Crippen LogP contribution in [0.2, 0.25) is 0 Å². The van der Waals surface area contributed by atoms with Crippen LogP contribution in [0.5, 0.6) is 0 Å². The number of rotatable bonds is 3. The van der Waals surface area contributed by atoms with E-state index in [1.54, 1.807) is 0 Å². The maximum atomic E-state index is 4.86. The van der Waals surface area contributed by atoms with Crippen molar-refractivity contribution in [2.24, 2.45) is 0 Å². The van der Waals surface area contributed by atoms with Crippen molar-refractivity contribution in [3.63, 3.8) is 0 Å². The topological polar surface area (TPSA) is 51.0 Å². The average Bonchev–Trinajstić information content (AvgIpc) is 2.70. The highest BCUT2D eigenvalue weighted by Crippen LogP contribution is 2.09.